The number of esters is 2. The first-order valence-corrected chi connectivity index (χ1v) is 11.8. The second kappa shape index (κ2) is 13.6. The lowest BCUT2D eigenvalue weighted by molar-refractivity contribution is -0.143. The van der Waals surface area contributed by atoms with Gasteiger partial charge in [-0.05, 0) is 41.5 Å². The molecule has 12 heteroatoms. The number of ether oxygens (including phenoxy) is 4. The summed E-state index contributed by atoms with van der Waals surface area (Å²) in [6, 6.07) is -1.77. The van der Waals surface area contributed by atoms with Crippen LogP contribution in [-0.4, -0.2) is 78.2 Å². The summed E-state index contributed by atoms with van der Waals surface area (Å²) >= 11 is 2.70. The first kappa shape index (κ1) is 29.2. The van der Waals surface area contributed by atoms with E-state index in [1.165, 1.54) is 37.7 Å². The Kier molecular flexibility index (Phi) is 12.8. The summed E-state index contributed by atoms with van der Waals surface area (Å²) in [5, 5.41) is 5.45. The van der Waals surface area contributed by atoms with Crippen molar-refractivity contribution in [2.24, 2.45) is 0 Å². The molecule has 2 N–H and O–H groups in total. The summed E-state index contributed by atoms with van der Waals surface area (Å²) in [5.74, 6) is -0.715. The molecule has 0 aromatic rings. The maximum absolute atomic E-state index is 11.9. The summed E-state index contributed by atoms with van der Waals surface area (Å²) < 4.78 is 19.7. The largest absolute Gasteiger partial charge is 0.467 e. The van der Waals surface area contributed by atoms with Crippen LogP contribution in [-0.2, 0) is 28.5 Å². The minimum Gasteiger partial charge on any atom is -0.467 e. The van der Waals surface area contributed by atoms with E-state index in [1.807, 2.05) is 0 Å². The Hall–Kier alpha value is -1.82. The lowest BCUT2D eigenvalue weighted by Gasteiger charge is -2.23. The van der Waals surface area contributed by atoms with Crippen LogP contribution in [0.2, 0.25) is 0 Å². The first-order chi connectivity index (χ1) is 14.2. The van der Waals surface area contributed by atoms with E-state index in [-0.39, 0.29) is 11.5 Å². The topological polar surface area (TPSA) is 129 Å². The van der Waals surface area contributed by atoms with E-state index in [0.29, 0.717) is 5.08 Å². The summed E-state index contributed by atoms with van der Waals surface area (Å²) in [6.07, 6.45) is -1.44. The molecule has 0 spiro atoms. The molecule has 0 bridgehead atoms. The SMILES string of the molecule is COC(=O)C(CSCSCC(NC(=O)OC(C)(C)C)C(=O)OC)NC(=O)OC(C)(C)C. The van der Waals surface area contributed by atoms with Crippen LogP contribution in [0.25, 0.3) is 0 Å². The third kappa shape index (κ3) is 14.8. The Balaban J connectivity index is 4.61. The normalized spacial score (nSPS) is 13.4. The molecule has 10 nitrogen and oxygen atoms in total. The number of hydrogen-bond acceptors (Lipinski definition) is 10. The van der Waals surface area contributed by atoms with Gasteiger partial charge in [-0.2, -0.15) is 0 Å². The monoisotopic (exact) mass is 482 g/mol. The lowest BCUT2D eigenvalue weighted by Crippen LogP contribution is -2.45. The van der Waals surface area contributed by atoms with Crippen molar-refractivity contribution in [1.82, 2.24) is 10.6 Å². The fraction of sp³-hybridized carbons (Fsp3) is 0.789. The van der Waals surface area contributed by atoms with Crippen molar-refractivity contribution in [3.63, 3.8) is 0 Å². The Bertz CT molecular complexity index is 565. The van der Waals surface area contributed by atoms with E-state index in [2.05, 4.69) is 10.6 Å². The maximum Gasteiger partial charge on any atom is 0.408 e. The molecular weight excluding hydrogens is 448 g/mol. The molecule has 0 aliphatic rings. The van der Waals surface area contributed by atoms with Gasteiger partial charge in [-0.3, -0.25) is 0 Å². The number of alkyl carbamates (subject to hydrolysis) is 2. The zero-order valence-electron chi connectivity index (χ0n) is 19.4. The highest BCUT2D eigenvalue weighted by molar-refractivity contribution is 8.16. The van der Waals surface area contributed by atoms with Crippen molar-refractivity contribution in [3.8, 4) is 0 Å². The first-order valence-electron chi connectivity index (χ1n) is 9.48. The molecule has 0 aromatic carbocycles. The van der Waals surface area contributed by atoms with Crippen LogP contribution in [0.3, 0.4) is 0 Å². The average molecular weight is 483 g/mol. The van der Waals surface area contributed by atoms with Crippen LogP contribution in [0.4, 0.5) is 9.59 Å². The van der Waals surface area contributed by atoms with Gasteiger partial charge in [0, 0.05) is 16.6 Å². The van der Waals surface area contributed by atoms with Gasteiger partial charge in [0.05, 0.1) is 14.2 Å². The Labute approximate surface area is 192 Å². The van der Waals surface area contributed by atoms with Crippen molar-refractivity contribution in [2.75, 3.05) is 30.8 Å². The fourth-order valence-electron chi connectivity index (χ4n) is 1.91. The molecule has 2 atom stereocenters. The molecule has 0 saturated carbocycles. The van der Waals surface area contributed by atoms with Crippen molar-refractivity contribution >= 4 is 47.6 Å². The molecule has 2 amide bonds. The molecular formula is C19H34N2O8S2. The number of rotatable bonds is 10. The Morgan fingerprint density at radius 3 is 1.29 bits per heavy atom. The second-order valence-corrected chi connectivity index (χ2v) is 10.7. The highest BCUT2D eigenvalue weighted by Gasteiger charge is 2.26. The van der Waals surface area contributed by atoms with E-state index >= 15 is 0 Å². The van der Waals surface area contributed by atoms with Crippen molar-refractivity contribution in [2.45, 2.75) is 64.8 Å². The Morgan fingerprint density at radius 2 is 1.03 bits per heavy atom. The van der Waals surface area contributed by atoms with Gasteiger partial charge in [0.25, 0.3) is 0 Å². The van der Waals surface area contributed by atoms with Gasteiger partial charge >= 0.3 is 24.1 Å². The van der Waals surface area contributed by atoms with Gasteiger partial charge < -0.3 is 29.6 Å². The summed E-state index contributed by atoms with van der Waals surface area (Å²) in [7, 11) is 2.46. The zero-order valence-corrected chi connectivity index (χ0v) is 21.0. The average Bonchev–Trinajstić information content (AvgIpc) is 2.61. The minimum atomic E-state index is -0.887. The van der Waals surface area contributed by atoms with Crippen molar-refractivity contribution in [3.05, 3.63) is 0 Å². The summed E-state index contributed by atoms with van der Waals surface area (Å²) in [5.41, 5.74) is -1.39. The number of thioether (sulfide) groups is 2. The highest BCUT2D eigenvalue weighted by Crippen LogP contribution is 2.16. The van der Waals surface area contributed by atoms with Crippen LogP contribution < -0.4 is 10.6 Å². The number of nitrogens with one attached hydrogen (secondary N) is 2. The van der Waals surface area contributed by atoms with Gasteiger partial charge in [-0.1, -0.05) is 0 Å². The quantitative estimate of drug-likeness (QED) is 0.207. The highest BCUT2D eigenvalue weighted by atomic mass is 32.2. The van der Waals surface area contributed by atoms with Gasteiger partial charge in [0.1, 0.15) is 23.3 Å². The molecule has 31 heavy (non-hydrogen) atoms. The number of amides is 2. The second-order valence-electron chi connectivity index (χ2n) is 8.30. The molecule has 2 unspecified atom stereocenters. The van der Waals surface area contributed by atoms with E-state index in [4.69, 9.17) is 18.9 Å². The number of carbonyl (C=O) groups is 4. The fourth-order valence-corrected chi connectivity index (χ4v) is 4.06. The van der Waals surface area contributed by atoms with Crippen LogP contribution in [0.5, 0.6) is 0 Å². The molecule has 180 valence electrons. The van der Waals surface area contributed by atoms with Crippen LogP contribution in [0.15, 0.2) is 0 Å². The lowest BCUT2D eigenvalue weighted by atomic mass is 10.2. The summed E-state index contributed by atoms with van der Waals surface area (Å²) in [6.45, 7) is 10.3. The molecule has 0 aliphatic carbocycles. The molecule has 0 radical (unpaired) electrons. The van der Waals surface area contributed by atoms with Gasteiger partial charge in [0.2, 0.25) is 0 Å². The van der Waals surface area contributed by atoms with Crippen LogP contribution >= 0.6 is 23.5 Å². The van der Waals surface area contributed by atoms with Gasteiger partial charge in [-0.25, -0.2) is 19.2 Å². The van der Waals surface area contributed by atoms with E-state index in [0.717, 1.165) is 0 Å². The number of methoxy groups -OCH3 is 2. The Morgan fingerprint density at radius 1 is 0.710 bits per heavy atom. The molecule has 0 saturated heterocycles. The van der Waals surface area contributed by atoms with E-state index in [9.17, 15) is 19.2 Å². The van der Waals surface area contributed by atoms with E-state index in [1.54, 1.807) is 41.5 Å². The zero-order chi connectivity index (χ0) is 24.2. The van der Waals surface area contributed by atoms with Gasteiger partial charge in [0.15, 0.2) is 0 Å². The number of hydrogen-bond donors (Lipinski definition) is 2. The molecule has 0 rings (SSSR count). The predicted molar refractivity (Wildman–Crippen MR) is 120 cm³/mol. The standard InChI is InChI=1S/C19H34N2O8S2/c1-18(2,3)28-16(24)20-12(14(22)26-7)9-30-11-31-10-13(15(23)27-8)21-17(25)29-19(4,5)6/h12-13H,9-11H2,1-8H3,(H,20,24)(H,21,25). The third-order valence-electron chi connectivity index (χ3n) is 3.09. The van der Waals surface area contributed by atoms with Crippen LogP contribution in [0.1, 0.15) is 41.5 Å². The summed E-state index contributed by atoms with van der Waals surface area (Å²) in [4.78, 5) is 47.7. The van der Waals surface area contributed by atoms with E-state index < -0.39 is 47.4 Å². The van der Waals surface area contributed by atoms with Crippen LogP contribution in [0, 0.1) is 0 Å². The minimum absolute atomic E-state index is 0.237. The molecule has 0 aromatic heterocycles. The molecule has 0 heterocycles. The predicted octanol–water partition coefficient (Wildman–Crippen LogP) is 2.54. The molecule has 0 fully saturated rings. The van der Waals surface area contributed by atoms with Crippen molar-refractivity contribution in [1.29, 1.82) is 0 Å². The molecule has 0 aliphatic heterocycles. The maximum atomic E-state index is 11.9. The van der Waals surface area contributed by atoms with Gasteiger partial charge in [-0.15, -0.1) is 23.5 Å². The van der Waals surface area contributed by atoms with Crippen molar-refractivity contribution < 1.29 is 38.1 Å². The smallest absolute Gasteiger partial charge is 0.408 e. The number of carbonyl (C=O) groups excluding carboxylic acids is 4. The third-order valence-corrected chi connectivity index (χ3v) is 5.56.